The van der Waals surface area contributed by atoms with Gasteiger partial charge in [0.2, 0.25) is 0 Å². The second kappa shape index (κ2) is 6.33. The number of nitro benzene ring substituents is 1. The van der Waals surface area contributed by atoms with E-state index < -0.39 is 4.92 Å². The molecule has 21 heavy (non-hydrogen) atoms. The van der Waals surface area contributed by atoms with Crippen molar-refractivity contribution in [2.45, 2.75) is 6.92 Å². The van der Waals surface area contributed by atoms with Gasteiger partial charge in [0.25, 0.3) is 5.69 Å². The quantitative estimate of drug-likeness (QED) is 0.363. The number of hydrogen-bond donors (Lipinski definition) is 0. The lowest BCUT2D eigenvalue weighted by molar-refractivity contribution is -0.384. The fraction of sp³-hybridized carbons (Fsp3) is 0.0625. The molecule has 0 aliphatic carbocycles. The minimum atomic E-state index is -0.607. The number of allylic oxidation sites excluding steroid dienone is 1. The third-order valence-corrected chi connectivity index (χ3v) is 3.35. The van der Waals surface area contributed by atoms with E-state index in [1.54, 1.807) is 6.08 Å². The SMILES string of the molecule is Cc1ccccc1C=CC(=O)c1ccc(Cl)c([N+](=O)[O-])c1. The summed E-state index contributed by atoms with van der Waals surface area (Å²) in [5.41, 5.74) is 1.93. The van der Waals surface area contributed by atoms with Gasteiger partial charge in [-0.1, -0.05) is 41.9 Å². The predicted octanol–water partition coefficient (Wildman–Crippen LogP) is 4.45. The monoisotopic (exact) mass is 301 g/mol. The molecule has 0 spiro atoms. The highest BCUT2D eigenvalue weighted by Crippen LogP contribution is 2.25. The number of ketones is 1. The van der Waals surface area contributed by atoms with Gasteiger partial charge in [0.15, 0.2) is 5.78 Å². The lowest BCUT2D eigenvalue weighted by Crippen LogP contribution is -1.97. The van der Waals surface area contributed by atoms with Crippen molar-refractivity contribution in [3.8, 4) is 0 Å². The zero-order chi connectivity index (χ0) is 15.4. The normalized spacial score (nSPS) is 10.8. The number of nitro groups is 1. The van der Waals surface area contributed by atoms with Crippen LogP contribution >= 0.6 is 11.6 Å². The molecule has 5 heteroatoms. The first-order valence-corrected chi connectivity index (χ1v) is 6.59. The zero-order valence-corrected chi connectivity index (χ0v) is 12.0. The van der Waals surface area contributed by atoms with Gasteiger partial charge in [-0.05, 0) is 36.3 Å². The van der Waals surface area contributed by atoms with E-state index >= 15 is 0 Å². The topological polar surface area (TPSA) is 60.2 Å². The molecule has 0 bridgehead atoms. The second-order valence-electron chi connectivity index (χ2n) is 4.48. The molecule has 0 atom stereocenters. The van der Waals surface area contributed by atoms with Crippen molar-refractivity contribution in [3.63, 3.8) is 0 Å². The van der Waals surface area contributed by atoms with Crippen molar-refractivity contribution in [1.29, 1.82) is 0 Å². The van der Waals surface area contributed by atoms with Crippen LogP contribution in [0.4, 0.5) is 5.69 Å². The highest BCUT2D eigenvalue weighted by atomic mass is 35.5. The number of nitrogens with zero attached hydrogens (tertiary/aromatic N) is 1. The molecule has 0 heterocycles. The molecule has 106 valence electrons. The molecule has 2 aromatic rings. The molecule has 0 aromatic heterocycles. The Labute approximate surface area is 126 Å². The summed E-state index contributed by atoms with van der Waals surface area (Å²) in [5.74, 6) is -0.307. The first-order valence-electron chi connectivity index (χ1n) is 6.21. The van der Waals surface area contributed by atoms with Crippen molar-refractivity contribution in [2.75, 3.05) is 0 Å². The van der Waals surface area contributed by atoms with E-state index in [1.807, 2.05) is 31.2 Å². The average Bonchev–Trinajstić information content (AvgIpc) is 2.46. The van der Waals surface area contributed by atoms with E-state index in [2.05, 4.69) is 0 Å². The summed E-state index contributed by atoms with van der Waals surface area (Å²) in [5, 5.41) is 10.8. The maximum Gasteiger partial charge on any atom is 0.288 e. The highest BCUT2D eigenvalue weighted by Gasteiger charge is 2.14. The Kier molecular flexibility index (Phi) is 4.50. The number of hydrogen-bond acceptors (Lipinski definition) is 3. The summed E-state index contributed by atoms with van der Waals surface area (Å²) in [6, 6.07) is 11.6. The molecule has 2 aromatic carbocycles. The van der Waals surface area contributed by atoms with E-state index in [9.17, 15) is 14.9 Å². The Morgan fingerprint density at radius 2 is 1.95 bits per heavy atom. The molecule has 0 saturated carbocycles. The third kappa shape index (κ3) is 3.55. The van der Waals surface area contributed by atoms with Crippen LogP contribution in [0.3, 0.4) is 0 Å². The van der Waals surface area contributed by atoms with Gasteiger partial charge >= 0.3 is 0 Å². The van der Waals surface area contributed by atoms with Crippen molar-refractivity contribution < 1.29 is 9.72 Å². The van der Waals surface area contributed by atoms with Crippen molar-refractivity contribution in [1.82, 2.24) is 0 Å². The largest absolute Gasteiger partial charge is 0.289 e. The number of rotatable bonds is 4. The summed E-state index contributed by atoms with van der Waals surface area (Å²) in [6.07, 6.45) is 3.09. The van der Waals surface area contributed by atoms with E-state index in [0.29, 0.717) is 0 Å². The van der Waals surface area contributed by atoms with Gasteiger partial charge in [-0.25, -0.2) is 0 Å². The van der Waals surface area contributed by atoms with Crippen molar-refractivity contribution in [2.24, 2.45) is 0 Å². The van der Waals surface area contributed by atoms with Crippen molar-refractivity contribution in [3.05, 3.63) is 80.4 Å². The molecule has 0 aliphatic rings. The van der Waals surface area contributed by atoms with Gasteiger partial charge in [0.05, 0.1) is 4.92 Å². The Hall–Kier alpha value is -2.46. The molecule has 0 unspecified atom stereocenters. The molecule has 0 N–H and O–H groups in total. The van der Waals surface area contributed by atoms with Gasteiger partial charge in [-0.15, -0.1) is 0 Å². The smallest absolute Gasteiger partial charge is 0.288 e. The number of aryl methyl sites for hydroxylation is 1. The van der Waals surface area contributed by atoms with Crippen LogP contribution in [0.1, 0.15) is 21.5 Å². The molecule has 0 amide bonds. The van der Waals surface area contributed by atoms with Crippen LogP contribution in [0.5, 0.6) is 0 Å². The summed E-state index contributed by atoms with van der Waals surface area (Å²) in [4.78, 5) is 22.3. The van der Waals surface area contributed by atoms with Crippen LogP contribution in [0.15, 0.2) is 48.5 Å². The van der Waals surface area contributed by atoms with E-state index in [-0.39, 0.29) is 22.1 Å². The molecule has 0 saturated heterocycles. The fourth-order valence-corrected chi connectivity index (χ4v) is 2.03. The summed E-state index contributed by atoms with van der Waals surface area (Å²) in [7, 11) is 0. The van der Waals surface area contributed by atoms with Gasteiger partial charge < -0.3 is 0 Å². The Bertz CT molecular complexity index is 738. The standard InChI is InChI=1S/C16H12ClNO3/c1-11-4-2-3-5-12(11)7-9-16(19)13-6-8-14(17)15(10-13)18(20)21/h2-10H,1H3. The average molecular weight is 302 g/mol. The fourth-order valence-electron chi connectivity index (χ4n) is 1.84. The molecule has 2 rings (SSSR count). The molecule has 0 fully saturated rings. The number of halogens is 1. The molecular formula is C16H12ClNO3. The van der Waals surface area contributed by atoms with Gasteiger partial charge in [0.1, 0.15) is 5.02 Å². The minimum absolute atomic E-state index is 0.0134. The number of benzene rings is 2. The van der Waals surface area contributed by atoms with Crippen LogP contribution in [0.2, 0.25) is 5.02 Å². The summed E-state index contributed by atoms with van der Waals surface area (Å²) >= 11 is 5.72. The maximum atomic E-state index is 12.1. The molecule has 0 aliphatic heterocycles. The van der Waals surface area contributed by atoms with E-state index in [1.165, 1.54) is 24.3 Å². The lowest BCUT2D eigenvalue weighted by Gasteiger charge is -2.00. The Balaban J connectivity index is 2.27. The van der Waals surface area contributed by atoms with Crippen LogP contribution in [0, 0.1) is 17.0 Å². The molecule has 4 nitrogen and oxygen atoms in total. The predicted molar refractivity (Wildman–Crippen MR) is 82.6 cm³/mol. The Morgan fingerprint density at radius 1 is 1.24 bits per heavy atom. The van der Waals surface area contributed by atoms with Crippen molar-refractivity contribution >= 4 is 29.1 Å². The van der Waals surface area contributed by atoms with Gasteiger partial charge in [-0.2, -0.15) is 0 Å². The van der Waals surface area contributed by atoms with Crippen LogP contribution < -0.4 is 0 Å². The number of carbonyl (C=O) groups is 1. The van der Waals surface area contributed by atoms with Crippen LogP contribution in [0.25, 0.3) is 6.08 Å². The molecule has 0 radical (unpaired) electrons. The first kappa shape index (κ1) is 14.9. The van der Waals surface area contributed by atoms with Crippen LogP contribution in [-0.4, -0.2) is 10.7 Å². The lowest BCUT2D eigenvalue weighted by atomic mass is 10.1. The van der Waals surface area contributed by atoms with Crippen LogP contribution in [-0.2, 0) is 0 Å². The second-order valence-corrected chi connectivity index (χ2v) is 4.88. The maximum absolute atomic E-state index is 12.1. The first-order chi connectivity index (χ1) is 9.99. The summed E-state index contributed by atoms with van der Waals surface area (Å²) in [6.45, 7) is 1.94. The zero-order valence-electron chi connectivity index (χ0n) is 11.2. The van der Waals surface area contributed by atoms with Gasteiger partial charge in [0, 0.05) is 11.6 Å². The summed E-state index contributed by atoms with van der Waals surface area (Å²) < 4.78 is 0. The third-order valence-electron chi connectivity index (χ3n) is 3.03. The van der Waals surface area contributed by atoms with E-state index in [4.69, 9.17) is 11.6 Å². The molecular weight excluding hydrogens is 290 g/mol. The Morgan fingerprint density at radius 3 is 2.62 bits per heavy atom. The van der Waals surface area contributed by atoms with Gasteiger partial charge in [-0.3, -0.25) is 14.9 Å². The highest BCUT2D eigenvalue weighted by molar-refractivity contribution is 6.32. The van der Waals surface area contributed by atoms with E-state index in [0.717, 1.165) is 11.1 Å². The minimum Gasteiger partial charge on any atom is -0.289 e. The number of carbonyl (C=O) groups excluding carboxylic acids is 1.